The summed E-state index contributed by atoms with van der Waals surface area (Å²) in [5.41, 5.74) is 2.76. The standard InChI is InChI=1S/C18H28N2O2/c1-9-22-16(21)14(19)13-11(2)10-12(17(3,4)5)20-15(13)18(6,7)8/h10,19H,9H2,1-8H3. The highest BCUT2D eigenvalue weighted by atomic mass is 16.5. The average molecular weight is 304 g/mol. The lowest BCUT2D eigenvalue weighted by Gasteiger charge is -2.27. The summed E-state index contributed by atoms with van der Waals surface area (Å²) in [5.74, 6) is -0.596. The monoisotopic (exact) mass is 304 g/mol. The van der Waals surface area contributed by atoms with Gasteiger partial charge in [-0.15, -0.1) is 0 Å². The van der Waals surface area contributed by atoms with E-state index in [9.17, 15) is 4.79 Å². The lowest BCUT2D eigenvalue weighted by molar-refractivity contribution is -0.135. The second-order valence-electron chi connectivity index (χ2n) is 7.64. The molecule has 0 fully saturated rings. The van der Waals surface area contributed by atoms with Gasteiger partial charge in [0, 0.05) is 22.1 Å². The Morgan fingerprint density at radius 1 is 1.18 bits per heavy atom. The third-order valence-corrected chi connectivity index (χ3v) is 3.43. The van der Waals surface area contributed by atoms with Crippen molar-refractivity contribution in [3.63, 3.8) is 0 Å². The summed E-state index contributed by atoms with van der Waals surface area (Å²) >= 11 is 0. The predicted molar refractivity (Wildman–Crippen MR) is 89.8 cm³/mol. The molecule has 0 aromatic carbocycles. The molecule has 0 saturated heterocycles. The van der Waals surface area contributed by atoms with Crippen molar-refractivity contribution in [3.8, 4) is 0 Å². The number of carbonyl (C=O) groups is 1. The summed E-state index contributed by atoms with van der Waals surface area (Å²) in [6.07, 6.45) is 0. The molecule has 0 atom stereocenters. The first-order chi connectivity index (χ1) is 9.89. The van der Waals surface area contributed by atoms with Gasteiger partial charge in [-0.25, -0.2) is 4.79 Å². The molecule has 1 heterocycles. The van der Waals surface area contributed by atoms with Gasteiger partial charge in [-0.05, 0) is 25.5 Å². The van der Waals surface area contributed by atoms with Crippen LogP contribution in [0.2, 0.25) is 0 Å². The van der Waals surface area contributed by atoms with Crippen molar-refractivity contribution in [3.05, 3.63) is 28.6 Å². The van der Waals surface area contributed by atoms with Crippen LogP contribution in [-0.2, 0) is 20.4 Å². The van der Waals surface area contributed by atoms with Gasteiger partial charge in [-0.1, -0.05) is 41.5 Å². The number of carbonyl (C=O) groups excluding carboxylic acids is 1. The van der Waals surface area contributed by atoms with Crippen molar-refractivity contribution in [1.82, 2.24) is 4.98 Å². The van der Waals surface area contributed by atoms with Gasteiger partial charge in [0.15, 0.2) is 0 Å². The normalized spacial score (nSPS) is 12.2. The zero-order valence-electron chi connectivity index (χ0n) is 15.0. The minimum Gasteiger partial charge on any atom is -0.461 e. The molecule has 0 unspecified atom stereocenters. The third kappa shape index (κ3) is 3.93. The van der Waals surface area contributed by atoms with E-state index >= 15 is 0 Å². The number of aryl methyl sites for hydroxylation is 1. The quantitative estimate of drug-likeness (QED) is 0.680. The number of hydrogen-bond acceptors (Lipinski definition) is 4. The number of ether oxygens (including phenoxy) is 1. The van der Waals surface area contributed by atoms with Crippen molar-refractivity contribution in [2.45, 2.75) is 66.2 Å². The number of hydrogen-bond donors (Lipinski definition) is 1. The van der Waals surface area contributed by atoms with Crippen LogP contribution in [0.25, 0.3) is 0 Å². The molecular formula is C18H28N2O2. The van der Waals surface area contributed by atoms with Crippen LogP contribution in [0.5, 0.6) is 0 Å². The Morgan fingerprint density at radius 2 is 1.73 bits per heavy atom. The Labute approximate surface area is 133 Å². The first kappa shape index (κ1) is 18.3. The molecule has 4 nitrogen and oxygen atoms in total. The van der Waals surface area contributed by atoms with E-state index in [1.54, 1.807) is 6.92 Å². The van der Waals surface area contributed by atoms with Gasteiger partial charge in [0.05, 0.1) is 12.3 Å². The number of rotatable bonds is 3. The molecule has 22 heavy (non-hydrogen) atoms. The molecule has 122 valence electrons. The van der Waals surface area contributed by atoms with E-state index in [1.165, 1.54) is 0 Å². The summed E-state index contributed by atoms with van der Waals surface area (Å²) in [7, 11) is 0. The van der Waals surface area contributed by atoms with E-state index in [0.29, 0.717) is 5.56 Å². The summed E-state index contributed by atoms with van der Waals surface area (Å²) in [6.45, 7) is 16.4. The maximum absolute atomic E-state index is 12.0. The summed E-state index contributed by atoms with van der Waals surface area (Å²) < 4.78 is 4.99. The van der Waals surface area contributed by atoms with Gasteiger partial charge >= 0.3 is 5.97 Å². The number of aromatic nitrogens is 1. The first-order valence-corrected chi connectivity index (χ1v) is 7.68. The van der Waals surface area contributed by atoms with E-state index in [-0.39, 0.29) is 23.1 Å². The Hall–Kier alpha value is -1.71. The largest absolute Gasteiger partial charge is 0.461 e. The van der Waals surface area contributed by atoms with Gasteiger partial charge in [0.2, 0.25) is 0 Å². The van der Waals surface area contributed by atoms with Crippen molar-refractivity contribution in [2.75, 3.05) is 6.61 Å². The van der Waals surface area contributed by atoms with Gasteiger partial charge in [-0.3, -0.25) is 10.4 Å². The lowest BCUT2D eigenvalue weighted by atomic mass is 9.82. The molecule has 0 bridgehead atoms. The second-order valence-corrected chi connectivity index (χ2v) is 7.64. The second kappa shape index (κ2) is 6.19. The Kier molecular flexibility index (Phi) is 5.16. The highest BCUT2D eigenvalue weighted by Gasteiger charge is 2.29. The molecule has 0 spiro atoms. The molecule has 0 aliphatic rings. The Morgan fingerprint density at radius 3 is 2.14 bits per heavy atom. The summed E-state index contributed by atoms with van der Waals surface area (Å²) in [6, 6.07) is 1.97. The molecule has 0 saturated carbocycles. The van der Waals surface area contributed by atoms with Gasteiger partial charge in [-0.2, -0.15) is 0 Å². The van der Waals surface area contributed by atoms with E-state index in [2.05, 4.69) is 20.8 Å². The SMILES string of the molecule is CCOC(=O)C(=N)c1c(C)cc(C(C)(C)C)nc1C(C)(C)C. The fourth-order valence-electron chi connectivity index (χ4n) is 2.22. The van der Waals surface area contributed by atoms with E-state index < -0.39 is 5.97 Å². The lowest BCUT2D eigenvalue weighted by Crippen LogP contribution is -2.28. The van der Waals surface area contributed by atoms with E-state index in [1.807, 2.05) is 33.8 Å². The van der Waals surface area contributed by atoms with E-state index in [0.717, 1.165) is 17.0 Å². The molecular weight excluding hydrogens is 276 g/mol. The van der Waals surface area contributed by atoms with Crippen molar-refractivity contribution >= 4 is 11.7 Å². The van der Waals surface area contributed by atoms with Gasteiger partial charge in [0.1, 0.15) is 5.71 Å². The van der Waals surface area contributed by atoms with E-state index in [4.69, 9.17) is 15.1 Å². The minimum absolute atomic E-state index is 0.0879. The van der Waals surface area contributed by atoms with Crippen LogP contribution in [0.15, 0.2) is 6.07 Å². The molecule has 1 N–H and O–H groups in total. The van der Waals surface area contributed by atoms with Gasteiger partial charge in [0.25, 0.3) is 0 Å². The average Bonchev–Trinajstić information content (AvgIpc) is 2.35. The van der Waals surface area contributed by atoms with Crippen LogP contribution in [0.1, 0.15) is 71.0 Å². The highest BCUT2D eigenvalue weighted by Crippen LogP contribution is 2.31. The highest BCUT2D eigenvalue weighted by molar-refractivity contribution is 6.42. The molecule has 0 radical (unpaired) electrons. The fraction of sp³-hybridized carbons (Fsp3) is 0.611. The number of esters is 1. The van der Waals surface area contributed by atoms with Crippen LogP contribution >= 0.6 is 0 Å². The fourth-order valence-corrected chi connectivity index (χ4v) is 2.22. The Balaban J connectivity index is 3.58. The molecule has 1 aromatic heterocycles. The minimum atomic E-state index is -0.596. The third-order valence-electron chi connectivity index (χ3n) is 3.43. The van der Waals surface area contributed by atoms with Crippen molar-refractivity contribution in [2.24, 2.45) is 0 Å². The summed E-state index contributed by atoms with van der Waals surface area (Å²) in [4.78, 5) is 16.8. The molecule has 0 aliphatic heterocycles. The van der Waals surface area contributed by atoms with Crippen LogP contribution in [0.4, 0.5) is 0 Å². The smallest absolute Gasteiger partial charge is 0.356 e. The Bertz CT molecular complexity index is 590. The molecule has 0 amide bonds. The number of pyridine rings is 1. The maximum Gasteiger partial charge on any atom is 0.356 e. The van der Waals surface area contributed by atoms with Crippen LogP contribution < -0.4 is 0 Å². The molecule has 0 aliphatic carbocycles. The zero-order valence-corrected chi connectivity index (χ0v) is 15.0. The molecule has 1 rings (SSSR count). The molecule has 4 heteroatoms. The van der Waals surface area contributed by atoms with Crippen molar-refractivity contribution < 1.29 is 9.53 Å². The molecule has 1 aromatic rings. The van der Waals surface area contributed by atoms with Crippen LogP contribution in [0, 0.1) is 12.3 Å². The number of nitrogens with one attached hydrogen (secondary N) is 1. The zero-order chi connectivity index (χ0) is 17.3. The maximum atomic E-state index is 12.0. The summed E-state index contributed by atoms with van der Waals surface area (Å²) in [5, 5.41) is 8.21. The van der Waals surface area contributed by atoms with Crippen LogP contribution in [-0.4, -0.2) is 23.3 Å². The predicted octanol–water partition coefficient (Wildman–Crippen LogP) is 3.92. The van der Waals surface area contributed by atoms with Crippen molar-refractivity contribution in [1.29, 1.82) is 5.41 Å². The first-order valence-electron chi connectivity index (χ1n) is 7.68. The number of nitrogens with zero attached hydrogens (tertiary/aromatic N) is 1. The topological polar surface area (TPSA) is 63.0 Å². The van der Waals surface area contributed by atoms with Crippen LogP contribution in [0.3, 0.4) is 0 Å². The van der Waals surface area contributed by atoms with Gasteiger partial charge < -0.3 is 4.74 Å².